The topological polar surface area (TPSA) is 88.9 Å². The Balaban J connectivity index is 1.52. The van der Waals surface area contributed by atoms with Crippen LogP contribution in [-0.4, -0.2) is 27.0 Å². The fraction of sp³-hybridized carbons (Fsp3) is 0.150. The van der Waals surface area contributed by atoms with E-state index in [-0.39, 0.29) is 11.3 Å². The molecule has 2 heterocycles. The Morgan fingerprint density at radius 1 is 1.20 bits per heavy atom. The van der Waals surface area contributed by atoms with Crippen LogP contribution in [0.2, 0.25) is 0 Å². The summed E-state index contributed by atoms with van der Waals surface area (Å²) in [6.45, 7) is 5.78. The summed E-state index contributed by atoms with van der Waals surface area (Å²) >= 11 is 0. The molecule has 154 valence electrons. The summed E-state index contributed by atoms with van der Waals surface area (Å²) in [5.41, 5.74) is 2.96. The number of ether oxygens (including phenoxy) is 1. The number of furan rings is 1. The number of anilines is 1. The van der Waals surface area contributed by atoms with E-state index < -0.39 is 6.36 Å². The first-order valence-corrected chi connectivity index (χ1v) is 8.84. The van der Waals surface area contributed by atoms with Gasteiger partial charge in [0.25, 0.3) is 0 Å². The van der Waals surface area contributed by atoms with Gasteiger partial charge in [-0.25, -0.2) is 0 Å². The van der Waals surface area contributed by atoms with Crippen LogP contribution in [0.15, 0.2) is 53.5 Å². The quantitative estimate of drug-likeness (QED) is 0.452. The minimum atomic E-state index is -4.77. The Kier molecular flexibility index (Phi) is 4.90. The number of allylic oxidation sites excluding steroid dienone is 1. The van der Waals surface area contributed by atoms with Gasteiger partial charge in [-0.05, 0) is 53.6 Å². The number of halogens is 3. The average molecular weight is 415 g/mol. The van der Waals surface area contributed by atoms with Gasteiger partial charge in [-0.15, -0.1) is 23.4 Å². The molecule has 0 radical (unpaired) electrons. The van der Waals surface area contributed by atoms with Crippen molar-refractivity contribution in [3.05, 3.63) is 60.2 Å². The summed E-state index contributed by atoms with van der Waals surface area (Å²) in [4.78, 5) is 0. The van der Waals surface area contributed by atoms with Crippen molar-refractivity contribution in [3.8, 4) is 17.3 Å². The van der Waals surface area contributed by atoms with E-state index in [1.165, 1.54) is 12.1 Å². The number of aromatic amines is 1. The third-order valence-corrected chi connectivity index (χ3v) is 4.31. The number of aromatic nitrogens is 4. The van der Waals surface area contributed by atoms with Gasteiger partial charge in [0, 0.05) is 23.2 Å². The van der Waals surface area contributed by atoms with Crippen LogP contribution in [0.3, 0.4) is 0 Å². The molecule has 7 nitrogen and oxygen atoms in total. The molecule has 0 aliphatic rings. The number of alkyl halides is 3. The van der Waals surface area contributed by atoms with Crippen LogP contribution in [0, 0.1) is 0 Å². The largest absolute Gasteiger partial charge is 0.573 e. The third kappa shape index (κ3) is 4.27. The Morgan fingerprint density at radius 3 is 2.73 bits per heavy atom. The molecule has 2 N–H and O–H groups in total. The van der Waals surface area contributed by atoms with Gasteiger partial charge >= 0.3 is 6.36 Å². The van der Waals surface area contributed by atoms with Gasteiger partial charge in [-0.2, -0.15) is 5.21 Å². The highest BCUT2D eigenvalue weighted by atomic mass is 19.4. The minimum absolute atomic E-state index is 0.281. The van der Waals surface area contributed by atoms with Crippen LogP contribution < -0.4 is 10.1 Å². The van der Waals surface area contributed by atoms with Crippen LogP contribution in [0.4, 0.5) is 18.9 Å². The van der Waals surface area contributed by atoms with Crippen LogP contribution >= 0.6 is 0 Å². The fourth-order valence-electron chi connectivity index (χ4n) is 2.95. The van der Waals surface area contributed by atoms with E-state index >= 15 is 0 Å². The SMILES string of the molecule is C=C(C)c1cc(NCc2ccc3cc(-c4nn[nH]n4)oc3c2)ccc1OC(F)(F)F. The maximum atomic E-state index is 12.6. The van der Waals surface area contributed by atoms with Crippen molar-refractivity contribution in [1.29, 1.82) is 0 Å². The summed E-state index contributed by atoms with van der Waals surface area (Å²) in [7, 11) is 0. The van der Waals surface area contributed by atoms with E-state index in [0.717, 1.165) is 10.9 Å². The molecule has 0 amide bonds. The zero-order chi connectivity index (χ0) is 21.3. The maximum Gasteiger partial charge on any atom is 0.573 e. The third-order valence-electron chi connectivity index (χ3n) is 4.31. The van der Waals surface area contributed by atoms with Gasteiger partial charge in [0.05, 0.1) is 0 Å². The van der Waals surface area contributed by atoms with E-state index in [2.05, 4.69) is 37.3 Å². The number of benzene rings is 2. The summed E-state index contributed by atoms with van der Waals surface area (Å²) in [6, 6.07) is 11.9. The molecule has 0 unspecified atom stereocenters. The van der Waals surface area contributed by atoms with Crippen LogP contribution in [0.1, 0.15) is 18.1 Å². The number of nitrogens with zero attached hydrogens (tertiary/aromatic N) is 3. The number of tetrazole rings is 1. The van der Waals surface area contributed by atoms with Crippen LogP contribution in [0.25, 0.3) is 28.1 Å². The molecule has 0 fully saturated rings. The van der Waals surface area contributed by atoms with Crippen molar-refractivity contribution in [2.45, 2.75) is 19.8 Å². The van der Waals surface area contributed by atoms with Crippen LogP contribution in [-0.2, 0) is 6.54 Å². The van der Waals surface area contributed by atoms with E-state index in [0.29, 0.717) is 35.0 Å². The van der Waals surface area contributed by atoms with Gasteiger partial charge in [0.2, 0.25) is 5.82 Å². The Bertz CT molecular complexity index is 1200. The zero-order valence-corrected chi connectivity index (χ0v) is 15.7. The zero-order valence-electron chi connectivity index (χ0n) is 15.7. The van der Waals surface area contributed by atoms with Gasteiger partial charge in [-0.1, -0.05) is 18.7 Å². The molecule has 0 saturated heterocycles. The molecule has 2 aromatic heterocycles. The molecule has 10 heteroatoms. The predicted molar refractivity (Wildman–Crippen MR) is 105 cm³/mol. The predicted octanol–water partition coefficient (Wildman–Crippen LogP) is 5.16. The van der Waals surface area contributed by atoms with Crippen LogP contribution in [0.5, 0.6) is 5.75 Å². The minimum Gasteiger partial charge on any atom is -0.453 e. The highest BCUT2D eigenvalue weighted by Crippen LogP contribution is 2.33. The molecule has 0 atom stereocenters. The fourth-order valence-corrected chi connectivity index (χ4v) is 2.95. The molecule has 0 bridgehead atoms. The number of rotatable bonds is 6. The summed E-state index contributed by atoms with van der Waals surface area (Å²) in [5.74, 6) is 0.570. The first kappa shape index (κ1) is 19.5. The van der Waals surface area contributed by atoms with Crippen molar-refractivity contribution in [3.63, 3.8) is 0 Å². The lowest BCUT2D eigenvalue weighted by atomic mass is 10.1. The Labute approximate surface area is 168 Å². The second-order valence-corrected chi connectivity index (χ2v) is 6.61. The second-order valence-electron chi connectivity index (χ2n) is 6.61. The molecule has 4 aromatic rings. The van der Waals surface area contributed by atoms with Gasteiger partial charge in [0.1, 0.15) is 11.3 Å². The summed E-state index contributed by atoms with van der Waals surface area (Å²) < 4.78 is 47.6. The second kappa shape index (κ2) is 7.54. The molecule has 0 spiro atoms. The first-order valence-electron chi connectivity index (χ1n) is 8.84. The van der Waals surface area contributed by atoms with Gasteiger partial charge in [0.15, 0.2) is 5.76 Å². The van der Waals surface area contributed by atoms with Crippen molar-refractivity contribution < 1.29 is 22.3 Å². The van der Waals surface area contributed by atoms with Gasteiger partial charge < -0.3 is 14.5 Å². The molecule has 2 aromatic carbocycles. The highest BCUT2D eigenvalue weighted by molar-refractivity contribution is 5.82. The van der Waals surface area contributed by atoms with Crippen molar-refractivity contribution in [2.75, 3.05) is 5.32 Å². The van der Waals surface area contributed by atoms with E-state index in [9.17, 15) is 13.2 Å². The number of H-pyrrole nitrogens is 1. The number of fused-ring (bicyclic) bond motifs is 1. The van der Waals surface area contributed by atoms with Gasteiger partial charge in [-0.3, -0.25) is 0 Å². The van der Waals surface area contributed by atoms with Crippen molar-refractivity contribution in [2.24, 2.45) is 0 Å². The summed E-state index contributed by atoms with van der Waals surface area (Å²) in [6.07, 6.45) is -4.77. The molecule has 0 saturated carbocycles. The van der Waals surface area contributed by atoms with Crippen molar-refractivity contribution in [1.82, 2.24) is 20.6 Å². The molecule has 0 aliphatic carbocycles. The first-order chi connectivity index (χ1) is 14.3. The van der Waals surface area contributed by atoms with E-state index in [1.807, 2.05) is 24.3 Å². The normalized spacial score (nSPS) is 11.6. The van der Waals surface area contributed by atoms with E-state index in [1.54, 1.807) is 13.0 Å². The number of hydrogen-bond donors (Lipinski definition) is 2. The lowest BCUT2D eigenvalue weighted by Crippen LogP contribution is -2.18. The Morgan fingerprint density at radius 2 is 2.03 bits per heavy atom. The molecular formula is C20H16F3N5O2. The molecular weight excluding hydrogens is 399 g/mol. The average Bonchev–Trinajstić information content (AvgIpc) is 3.34. The highest BCUT2D eigenvalue weighted by Gasteiger charge is 2.32. The Hall–Kier alpha value is -3.82. The molecule has 0 aliphatic heterocycles. The number of nitrogens with one attached hydrogen (secondary N) is 2. The maximum absolute atomic E-state index is 12.6. The lowest BCUT2D eigenvalue weighted by Gasteiger charge is -2.15. The lowest BCUT2D eigenvalue weighted by molar-refractivity contribution is -0.274. The van der Waals surface area contributed by atoms with E-state index in [4.69, 9.17) is 4.42 Å². The smallest absolute Gasteiger partial charge is 0.453 e. The molecule has 4 rings (SSSR count). The van der Waals surface area contributed by atoms with Crippen molar-refractivity contribution >= 4 is 22.2 Å². The summed E-state index contributed by atoms with van der Waals surface area (Å²) in [5, 5.41) is 17.7. The molecule has 30 heavy (non-hydrogen) atoms. The monoisotopic (exact) mass is 415 g/mol. The standard InChI is InChI=1S/C20H16F3N5O2/c1-11(2)15-9-14(5-6-16(15)30-20(21,22)23)24-10-12-3-4-13-8-18(29-17(13)7-12)19-25-27-28-26-19/h3-9,24H,1,10H2,2H3,(H,25,26,27,28). The number of hydrogen-bond acceptors (Lipinski definition) is 6.